The van der Waals surface area contributed by atoms with Gasteiger partial charge >= 0.3 is 0 Å². The Hall–Kier alpha value is -2.93. The molecule has 0 unspecified atom stereocenters. The number of hydrogen-bond donors (Lipinski definition) is 1. The van der Waals surface area contributed by atoms with Gasteiger partial charge < -0.3 is 10.2 Å². The number of halogens is 1. The van der Waals surface area contributed by atoms with Crippen LogP contribution in [0.5, 0.6) is 0 Å². The predicted molar refractivity (Wildman–Crippen MR) is 117 cm³/mol. The first-order valence-electron chi connectivity index (χ1n) is 10.2. The normalized spacial score (nSPS) is 14.7. The number of amides is 1. The predicted octanol–water partition coefficient (Wildman–Crippen LogP) is 3.20. The van der Waals surface area contributed by atoms with Gasteiger partial charge in [-0.3, -0.25) is 9.36 Å². The van der Waals surface area contributed by atoms with Crippen molar-refractivity contribution in [2.24, 2.45) is 5.92 Å². The second-order valence-electron chi connectivity index (χ2n) is 7.51. The summed E-state index contributed by atoms with van der Waals surface area (Å²) in [4.78, 5) is 27.8. The van der Waals surface area contributed by atoms with E-state index in [1.54, 1.807) is 12.5 Å². The molecule has 0 spiro atoms. The summed E-state index contributed by atoms with van der Waals surface area (Å²) >= 11 is 5.91. The van der Waals surface area contributed by atoms with E-state index in [0.717, 1.165) is 54.8 Å². The van der Waals surface area contributed by atoms with Crippen molar-refractivity contribution in [2.75, 3.05) is 24.5 Å². The number of aryl methyl sites for hydroxylation is 1. The molecule has 0 radical (unpaired) electrons. The van der Waals surface area contributed by atoms with Gasteiger partial charge in [-0.1, -0.05) is 23.7 Å². The van der Waals surface area contributed by atoms with Crippen LogP contribution < -0.4 is 10.2 Å². The van der Waals surface area contributed by atoms with Crippen LogP contribution in [0.1, 0.15) is 24.2 Å². The Bertz CT molecular complexity index is 995. The standard InChI is InChI=1S/C22H25ClN6O/c1-16-24-10-13-29(16)21-14-20(26-15-27-21)28-11-7-18(8-12-28)22(30)25-9-6-17-2-4-19(23)5-3-17/h2-5,10,13-15,18H,6-9,11-12H2,1H3,(H,25,30). The summed E-state index contributed by atoms with van der Waals surface area (Å²) in [6.07, 6.45) is 7.67. The molecule has 2 aromatic heterocycles. The van der Waals surface area contributed by atoms with Crippen molar-refractivity contribution in [1.29, 1.82) is 0 Å². The van der Waals surface area contributed by atoms with Crippen molar-refractivity contribution in [3.8, 4) is 5.82 Å². The second-order valence-corrected chi connectivity index (χ2v) is 7.94. The number of piperidine rings is 1. The Morgan fingerprint density at radius 1 is 1.13 bits per heavy atom. The van der Waals surface area contributed by atoms with Gasteiger partial charge in [0.25, 0.3) is 0 Å². The zero-order valence-corrected chi connectivity index (χ0v) is 17.7. The fourth-order valence-corrected chi connectivity index (χ4v) is 3.88. The van der Waals surface area contributed by atoms with Crippen molar-refractivity contribution in [3.05, 3.63) is 65.5 Å². The summed E-state index contributed by atoms with van der Waals surface area (Å²) in [5.41, 5.74) is 1.17. The first kappa shape index (κ1) is 20.3. The second kappa shape index (κ2) is 9.26. The highest BCUT2D eigenvalue weighted by Gasteiger charge is 2.25. The molecule has 1 fully saturated rings. The smallest absolute Gasteiger partial charge is 0.223 e. The number of carbonyl (C=O) groups excluding carboxylic acids is 1. The summed E-state index contributed by atoms with van der Waals surface area (Å²) in [7, 11) is 0. The molecule has 4 rings (SSSR count). The van der Waals surface area contributed by atoms with Gasteiger partial charge in [-0.2, -0.15) is 0 Å². The first-order chi connectivity index (χ1) is 14.6. The van der Waals surface area contributed by atoms with Crippen LogP contribution in [-0.4, -0.2) is 45.1 Å². The van der Waals surface area contributed by atoms with Crippen molar-refractivity contribution in [2.45, 2.75) is 26.2 Å². The van der Waals surface area contributed by atoms with E-state index in [1.807, 2.05) is 48.0 Å². The lowest BCUT2D eigenvalue weighted by Crippen LogP contribution is -2.41. The Balaban J connectivity index is 1.28. The van der Waals surface area contributed by atoms with Crippen LogP contribution in [0.3, 0.4) is 0 Å². The average molecular weight is 425 g/mol. The number of anilines is 1. The van der Waals surface area contributed by atoms with Gasteiger partial charge in [-0.25, -0.2) is 15.0 Å². The van der Waals surface area contributed by atoms with E-state index in [1.165, 1.54) is 5.56 Å². The highest BCUT2D eigenvalue weighted by molar-refractivity contribution is 6.30. The minimum atomic E-state index is 0.0451. The number of imidazole rings is 1. The van der Waals surface area contributed by atoms with Crippen LogP contribution in [-0.2, 0) is 11.2 Å². The SMILES string of the molecule is Cc1nccn1-c1cc(N2CCC(C(=O)NCCc3ccc(Cl)cc3)CC2)ncn1. The zero-order valence-electron chi connectivity index (χ0n) is 17.0. The largest absolute Gasteiger partial charge is 0.356 e. The maximum absolute atomic E-state index is 12.5. The molecule has 1 aromatic carbocycles. The molecular weight excluding hydrogens is 400 g/mol. The fraction of sp³-hybridized carbons (Fsp3) is 0.364. The topological polar surface area (TPSA) is 75.9 Å². The number of carbonyl (C=O) groups is 1. The monoisotopic (exact) mass is 424 g/mol. The van der Waals surface area contributed by atoms with E-state index in [4.69, 9.17) is 11.6 Å². The van der Waals surface area contributed by atoms with Crippen molar-refractivity contribution < 1.29 is 4.79 Å². The maximum atomic E-state index is 12.5. The minimum Gasteiger partial charge on any atom is -0.356 e. The van der Waals surface area contributed by atoms with Crippen molar-refractivity contribution in [3.63, 3.8) is 0 Å². The number of hydrogen-bond acceptors (Lipinski definition) is 5. The molecule has 1 aliphatic rings. The molecule has 1 amide bonds. The third-order valence-electron chi connectivity index (χ3n) is 5.53. The molecule has 1 N–H and O–H groups in total. The average Bonchev–Trinajstić information content (AvgIpc) is 3.21. The fourth-order valence-electron chi connectivity index (χ4n) is 3.76. The van der Waals surface area contributed by atoms with E-state index in [9.17, 15) is 4.79 Å². The maximum Gasteiger partial charge on any atom is 0.223 e. The van der Waals surface area contributed by atoms with Crippen LogP contribution in [0.25, 0.3) is 5.82 Å². The Morgan fingerprint density at radius 3 is 2.57 bits per heavy atom. The number of rotatable bonds is 6. The van der Waals surface area contributed by atoms with E-state index < -0.39 is 0 Å². The van der Waals surface area contributed by atoms with Gasteiger partial charge in [0.2, 0.25) is 5.91 Å². The molecule has 30 heavy (non-hydrogen) atoms. The lowest BCUT2D eigenvalue weighted by Gasteiger charge is -2.32. The summed E-state index contributed by atoms with van der Waals surface area (Å²) < 4.78 is 1.94. The minimum absolute atomic E-state index is 0.0451. The van der Waals surface area contributed by atoms with Crippen LogP contribution >= 0.6 is 11.6 Å². The summed E-state index contributed by atoms with van der Waals surface area (Å²) in [6, 6.07) is 9.71. The Labute approximate surface area is 181 Å². The summed E-state index contributed by atoms with van der Waals surface area (Å²) in [6.45, 7) is 4.18. The van der Waals surface area contributed by atoms with Gasteiger partial charge in [0.15, 0.2) is 0 Å². The van der Waals surface area contributed by atoms with E-state index in [0.29, 0.717) is 6.54 Å². The molecule has 0 bridgehead atoms. The highest BCUT2D eigenvalue weighted by Crippen LogP contribution is 2.23. The number of nitrogens with zero attached hydrogens (tertiary/aromatic N) is 5. The lowest BCUT2D eigenvalue weighted by molar-refractivity contribution is -0.125. The molecule has 0 saturated carbocycles. The Morgan fingerprint density at radius 2 is 1.87 bits per heavy atom. The molecule has 3 aromatic rings. The molecule has 7 nitrogen and oxygen atoms in total. The third kappa shape index (κ3) is 4.79. The molecule has 8 heteroatoms. The Kier molecular flexibility index (Phi) is 6.28. The van der Waals surface area contributed by atoms with Crippen molar-refractivity contribution in [1.82, 2.24) is 24.8 Å². The molecule has 156 valence electrons. The van der Waals surface area contributed by atoms with Gasteiger partial charge in [0, 0.05) is 49.0 Å². The van der Waals surface area contributed by atoms with Crippen LogP contribution in [0.4, 0.5) is 5.82 Å². The molecule has 0 atom stereocenters. The summed E-state index contributed by atoms with van der Waals surface area (Å²) in [5, 5.41) is 3.80. The van der Waals surface area contributed by atoms with Crippen molar-refractivity contribution >= 4 is 23.3 Å². The third-order valence-corrected chi connectivity index (χ3v) is 5.78. The van der Waals surface area contributed by atoms with Gasteiger partial charge in [-0.05, 0) is 43.9 Å². The molecule has 3 heterocycles. The lowest BCUT2D eigenvalue weighted by atomic mass is 9.96. The van der Waals surface area contributed by atoms with E-state index >= 15 is 0 Å². The molecule has 1 saturated heterocycles. The molecule has 1 aliphatic heterocycles. The first-order valence-corrected chi connectivity index (χ1v) is 10.6. The molecule has 0 aliphatic carbocycles. The number of benzene rings is 1. The van der Waals surface area contributed by atoms with Gasteiger partial charge in [-0.15, -0.1) is 0 Å². The van der Waals surface area contributed by atoms with E-state index in [-0.39, 0.29) is 11.8 Å². The van der Waals surface area contributed by atoms with Crippen LogP contribution in [0, 0.1) is 12.8 Å². The highest BCUT2D eigenvalue weighted by atomic mass is 35.5. The van der Waals surface area contributed by atoms with Crippen LogP contribution in [0.2, 0.25) is 5.02 Å². The van der Waals surface area contributed by atoms with Gasteiger partial charge in [0.1, 0.15) is 23.8 Å². The van der Waals surface area contributed by atoms with E-state index in [2.05, 4.69) is 25.2 Å². The van der Waals surface area contributed by atoms with Gasteiger partial charge in [0.05, 0.1) is 0 Å². The number of nitrogens with one attached hydrogen (secondary N) is 1. The van der Waals surface area contributed by atoms with Crippen LogP contribution in [0.15, 0.2) is 49.1 Å². The quantitative estimate of drug-likeness (QED) is 0.657. The summed E-state index contributed by atoms with van der Waals surface area (Å²) in [5.74, 6) is 2.75. The zero-order chi connectivity index (χ0) is 20.9. The molecular formula is C22H25ClN6O. The number of aromatic nitrogens is 4.